The van der Waals surface area contributed by atoms with Crippen LogP contribution in [0.5, 0.6) is 0 Å². The molecule has 2 aromatic rings. The molecule has 0 aliphatic carbocycles. The van der Waals surface area contributed by atoms with Crippen LogP contribution in [0.4, 0.5) is 0 Å². The van der Waals surface area contributed by atoms with Crippen molar-refractivity contribution in [1.82, 2.24) is 24.4 Å². The van der Waals surface area contributed by atoms with Gasteiger partial charge in [-0.25, -0.2) is 9.78 Å². The Balaban J connectivity index is 2.25. The zero-order chi connectivity index (χ0) is 22.1. The topological polar surface area (TPSA) is 102 Å². The van der Waals surface area contributed by atoms with E-state index in [1.54, 1.807) is 4.57 Å². The summed E-state index contributed by atoms with van der Waals surface area (Å²) in [6.07, 6.45) is 6.98. The van der Waals surface area contributed by atoms with E-state index < -0.39 is 11.2 Å². The molecule has 8 nitrogen and oxygen atoms in total. The van der Waals surface area contributed by atoms with Crippen molar-refractivity contribution in [3.8, 4) is 0 Å². The summed E-state index contributed by atoms with van der Waals surface area (Å²) in [7, 11) is 0. The fourth-order valence-electron chi connectivity index (χ4n) is 3.59. The van der Waals surface area contributed by atoms with E-state index >= 15 is 0 Å². The summed E-state index contributed by atoms with van der Waals surface area (Å²) in [5.41, 5.74) is 0.0104. The molecule has 0 aromatic carbocycles. The molecular formula is C22H37N5O3. The number of aromatic nitrogens is 4. The third-order valence-corrected chi connectivity index (χ3v) is 5.18. The minimum atomic E-state index is -0.425. The van der Waals surface area contributed by atoms with Gasteiger partial charge < -0.3 is 9.88 Å². The quantitative estimate of drug-likeness (QED) is 0.487. The molecule has 0 unspecified atom stereocenters. The number of imidazole rings is 1. The van der Waals surface area contributed by atoms with Crippen molar-refractivity contribution in [1.29, 1.82) is 0 Å². The Morgan fingerprint density at radius 1 is 1.07 bits per heavy atom. The van der Waals surface area contributed by atoms with Crippen LogP contribution in [0.25, 0.3) is 11.2 Å². The first kappa shape index (κ1) is 23.9. The average Bonchev–Trinajstić information content (AvgIpc) is 3.04. The van der Waals surface area contributed by atoms with Gasteiger partial charge in [-0.15, -0.1) is 0 Å². The maximum atomic E-state index is 12.6. The molecule has 0 saturated carbocycles. The number of fused-ring (bicyclic) bond motifs is 1. The molecule has 0 fully saturated rings. The van der Waals surface area contributed by atoms with Crippen molar-refractivity contribution in [2.24, 2.45) is 5.92 Å². The Hall–Kier alpha value is -2.38. The second-order valence-electron chi connectivity index (χ2n) is 8.38. The van der Waals surface area contributed by atoms with Crippen molar-refractivity contribution < 1.29 is 4.79 Å². The molecule has 8 heteroatoms. The minimum absolute atomic E-state index is 0.00747. The van der Waals surface area contributed by atoms with E-state index in [9.17, 15) is 14.4 Å². The molecule has 0 radical (unpaired) electrons. The maximum absolute atomic E-state index is 12.6. The first-order valence-corrected chi connectivity index (χ1v) is 11.4. The van der Waals surface area contributed by atoms with E-state index in [0.29, 0.717) is 55.4 Å². The minimum Gasteiger partial charge on any atom is -0.356 e. The molecule has 0 bridgehead atoms. The average molecular weight is 420 g/mol. The maximum Gasteiger partial charge on any atom is 0.330 e. The lowest BCUT2D eigenvalue weighted by Gasteiger charge is -2.11. The van der Waals surface area contributed by atoms with Gasteiger partial charge in [0.05, 0.1) is 0 Å². The number of hydrogen-bond donors (Lipinski definition) is 2. The van der Waals surface area contributed by atoms with Crippen LogP contribution in [0, 0.1) is 5.92 Å². The van der Waals surface area contributed by atoms with Crippen molar-refractivity contribution in [3.63, 3.8) is 0 Å². The Morgan fingerprint density at radius 2 is 1.80 bits per heavy atom. The molecule has 30 heavy (non-hydrogen) atoms. The summed E-state index contributed by atoms with van der Waals surface area (Å²) >= 11 is 0. The van der Waals surface area contributed by atoms with Crippen LogP contribution < -0.4 is 16.6 Å². The molecule has 2 N–H and O–H groups in total. The third-order valence-electron chi connectivity index (χ3n) is 5.18. The highest BCUT2D eigenvalue weighted by Crippen LogP contribution is 2.16. The summed E-state index contributed by atoms with van der Waals surface area (Å²) in [5, 5.41) is 2.97. The van der Waals surface area contributed by atoms with E-state index in [4.69, 9.17) is 0 Å². The number of hydrogen-bond acceptors (Lipinski definition) is 4. The van der Waals surface area contributed by atoms with Gasteiger partial charge in [0.1, 0.15) is 5.82 Å². The first-order chi connectivity index (χ1) is 14.4. The van der Waals surface area contributed by atoms with E-state index in [1.165, 1.54) is 12.8 Å². The molecule has 1 amide bonds. The van der Waals surface area contributed by atoms with E-state index in [1.807, 2.05) is 4.57 Å². The summed E-state index contributed by atoms with van der Waals surface area (Å²) in [4.78, 5) is 44.3. The lowest BCUT2D eigenvalue weighted by molar-refractivity contribution is -0.121. The molecule has 0 spiro atoms. The van der Waals surface area contributed by atoms with Crippen molar-refractivity contribution in [3.05, 3.63) is 26.7 Å². The number of rotatable bonds is 13. The number of H-pyrrole nitrogens is 1. The van der Waals surface area contributed by atoms with Crippen LogP contribution >= 0.6 is 0 Å². The molecular weight excluding hydrogens is 382 g/mol. The predicted molar refractivity (Wildman–Crippen MR) is 120 cm³/mol. The van der Waals surface area contributed by atoms with E-state index in [0.717, 1.165) is 25.7 Å². The number of aromatic amines is 1. The SMILES string of the molecule is CCCCCCNC(=O)CCc1nc2c(c(=O)[nH]c(=O)n2CCCC)n1CC(C)C. The van der Waals surface area contributed by atoms with Crippen molar-refractivity contribution in [2.75, 3.05) is 6.54 Å². The zero-order valence-electron chi connectivity index (χ0n) is 18.9. The van der Waals surface area contributed by atoms with Crippen molar-refractivity contribution >= 4 is 17.1 Å². The number of carbonyl (C=O) groups is 1. The fourth-order valence-corrected chi connectivity index (χ4v) is 3.59. The van der Waals surface area contributed by atoms with Gasteiger partial charge in [-0.05, 0) is 18.8 Å². The molecule has 2 rings (SSSR count). The van der Waals surface area contributed by atoms with Gasteiger partial charge in [0, 0.05) is 32.5 Å². The van der Waals surface area contributed by atoms with Crippen LogP contribution in [0.3, 0.4) is 0 Å². The van der Waals surface area contributed by atoms with Gasteiger partial charge in [-0.1, -0.05) is 53.4 Å². The summed E-state index contributed by atoms with van der Waals surface area (Å²) in [6.45, 7) is 10.2. The highest BCUT2D eigenvalue weighted by atomic mass is 16.2. The van der Waals surface area contributed by atoms with Gasteiger partial charge in [0.2, 0.25) is 5.91 Å². The first-order valence-electron chi connectivity index (χ1n) is 11.4. The van der Waals surface area contributed by atoms with E-state index in [2.05, 4.69) is 43.0 Å². The van der Waals surface area contributed by atoms with Crippen LogP contribution in [-0.2, 0) is 24.3 Å². The molecule has 0 aliphatic heterocycles. The van der Waals surface area contributed by atoms with Crippen LogP contribution in [0.2, 0.25) is 0 Å². The smallest absolute Gasteiger partial charge is 0.330 e. The Labute approximate surface area is 178 Å². The Bertz CT molecular complexity index is 939. The number of carbonyl (C=O) groups excluding carboxylic acids is 1. The highest BCUT2D eigenvalue weighted by molar-refractivity contribution is 5.76. The molecule has 2 heterocycles. The van der Waals surface area contributed by atoms with Gasteiger partial charge in [0.25, 0.3) is 5.56 Å². The van der Waals surface area contributed by atoms with Crippen molar-refractivity contribution in [2.45, 2.75) is 92.2 Å². The molecule has 2 aromatic heterocycles. The number of aryl methyl sites for hydroxylation is 2. The van der Waals surface area contributed by atoms with Gasteiger partial charge >= 0.3 is 5.69 Å². The molecule has 0 aliphatic rings. The number of unbranched alkanes of at least 4 members (excludes halogenated alkanes) is 4. The second-order valence-corrected chi connectivity index (χ2v) is 8.38. The molecule has 0 saturated heterocycles. The van der Waals surface area contributed by atoms with Crippen LogP contribution in [-0.4, -0.2) is 31.6 Å². The fraction of sp³-hybridized carbons (Fsp3) is 0.727. The monoisotopic (exact) mass is 419 g/mol. The molecule has 168 valence electrons. The number of nitrogens with one attached hydrogen (secondary N) is 2. The van der Waals surface area contributed by atoms with E-state index in [-0.39, 0.29) is 5.91 Å². The van der Waals surface area contributed by atoms with Gasteiger partial charge in [-0.3, -0.25) is 19.1 Å². The van der Waals surface area contributed by atoms with Gasteiger partial charge in [0.15, 0.2) is 11.2 Å². The summed E-state index contributed by atoms with van der Waals surface area (Å²) in [6, 6.07) is 0. The van der Waals surface area contributed by atoms with Gasteiger partial charge in [-0.2, -0.15) is 0 Å². The van der Waals surface area contributed by atoms with Crippen LogP contribution in [0.1, 0.15) is 78.5 Å². The third kappa shape index (κ3) is 6.31. The lowest BCUT2D eigenvalue weighted by atomic mass is 10.2. The Morgan fingerprint density at radius 3 is 2.47 bits per heavy atom. The zero-order valence-corrected chi connectivity index (χ0v) is 18.9. The van der Waals surface area contributed by atoms with Crippen LogP contribution in [0.15, 0.2) is 9.59 Å². The predicted octanol–water partition coefficient (Wildman–Crippen LogP) is 2.97. The summed E-state index contributed by atoms with van der Waals surface area (Å²) in [5.74, 6) is 0.970. The Kier molecular flexibility index (Phi) is 9.33. The standard InChI is InChI=1S/C22H37N5O3/c1-5-7-9-10-13-23-18(28)12-11-17-24-20-19(27(17)15-16(3)4)21(29)25-22(30)26(20)14-8-6-2/h16H,5-15H2,1-4H3,(H,23,28)(H,25,29,30). The largest absolute Gasteiger partial charge is 0.356 e. The summed E-state index contributed by atoms with van der Waals surface area (Å²) < 4.78 is 3.43. The number of nitrogens with zero attached hydrogens (tertiary/aromatic N) is 3. The second kappa shape index (κ2) is 11.7. The normalized spacial score (nSPS) is 11.5. The lowest BCUT2D eigenvalue weighted by Crippen LogP contribution is -2.31. The molecule has 0 atom stereocenters. The number of amides is 1. The highest BCUT2D eigenvalue weighted by Gasteiger charge is 2.19.